The molecule has 2 bridgehead atoms. The summed E-state index contributed by atoms with van der Waals surface area (Å²) < 4.78 is 40.9. The van der Waals surface area contributed by atoms with Crippen LogP contribution in [-0.4, -0.2) is 52.7 Å². The first-order valence-electron chi connectivity index (χ1n) is 16.4. The van der Waals surface area contributed by atoms with E-state index in [0.717, 1.165) is 49.1 Å². The lowest BCUT2D eigenvalue weighted by Crippen LogP contribution is -2.52. The van der Waals surface area contributed by atoms with Gasteiger partial charge in [-0.15, -0.1) is 0 Å². The summed E-state index contributed by atoms with van der Waals surface area (Å²) in [4.78, 5) is 16.3. The van der Waals surface area contributed by atoms with Crippen molar-refractivity contribution in [1.29, 1.82) is 0 Å². The maximum atomic E-state index is 14.1. The van der Waals surface area contributed by atoms with Crippen LogP contribution >= 0.6 is 0 Å². The van der Waals surface area contributed by atoms with Crippen LogP contribution in [0.4, 0.5) is 13.2 Å². The molecule has 3 aromatic carbocycles. The molecule has 0 spiro atoms. The summed E-state index contributed by atoms with van der Waals surface area (Å²) in [6, 6.07) is 20.5. The fraction of sp³-hybridized carbons (Fsp3) is 0.462. The normalized spacial score (nSPS) is 25.6. The zero-order valence-electron chi connectivity index (χ0n) is 27.1. The number of benzene rings is 3. The van der Waals surface area contributed by atoms with Gasteiger partial charge in [0.15, 0.2) is 5.78 Å². The molecule has 0 aromatic heterocycles. The van der Waals surface area contributed by atoms with Crippen molar-refractivity contribution in [2.75, 3.05) is 20.1 Å². The van der Waals surface area contributed by atoms with Crippen molar-refractivity contribution >= 4 is 5.78 Å². The van der Waals surface area contributed by atoms with Crippen LogP contribution in [0, 0.1) is 5.41 Å². The molecule has 0 aliphatic heterocycles. The van der Waals surface area contributed by atoms with E-state index in [1.54, 1.807) is 6.07 Å². The molecule has 1 saturated carbocycles. The van der Waals surface area contributed by atoms with Gasteiger partial charge in [-0.1, -0.05) is 73.2 Å². The number of fused-ring (bicyclic) bond motifs is 8. The van der Waals surface area contributed by atoms with E-state index in [2.05, 4.69) is 37.0 Å². The maximum Gasteiger partial charge on any atom is 0.416 e. The summed E-state index contributed by atoms with van der Waals surface area (Å²) in [6.07, 6.45) is 2.14. The summed E-state index contributed by atoms with van der Waals surface area (Å²) in [5, 5.41) is 23.4. The lowest BCUT2D eigenvalue weighted by atomic mass is 9.64. The largest absolute Gasteiger partial charge is 0.416 e. The fourth-order valence-corrected chi connectivity index (χ4v) is 7.68. The Hall–Kier alpha value is -3.26. The zero-order chi connectivity index (χ0) is 33.1. The smallest absolute Gasteiger partial charge is 0.393 e. The first kappa shape index (κ1) is 34.1. The number of likely N-dealkylation sites (N-methyl/N-ethyl adjacent to an activating group) is 1. The number of carbonyl (C=O) groups is 1. The van der Waals surface area contributed by atoms with Gasteiger partial charge < -0.3 is 15.1 Å². The molecule has 3 aliphatic carbocycles. The van der Waals surface area contributed by atoms with Gasteiger partial charge in [0.2, 0.25) is 0 Å². The van der Waals surface area contributed by atoms with Crippen LogP contribution in [0.1, 0.15) is 96.5 Å². The van der Waals surface area contributed by atoms with Gasteiger partial charge in [-0.2, -0.15) is 13.2 Å². The van der Waals surface area contributed by atoms with E-state index in [-0.39, 0.29) is 11.5 Å². The molecule has 0 unspecified atom stereocenters. The second-order valence-corrected chi connectivity index (χ2v) is 13.8. The Morgan fingerprint density at radius 3 is 2.50 bits per heavy atom. The number of carbonyl (C=O) groups excluding carboxylic acids is 1. The quantitative estimate of drug-likeness (QED) is 0.204. The second kappa shape index (κ2) is 13.8. The summed E-state index contributed by atoms with van der Waals surface area (Å²) in [5.41, 5.74) is 1.76. The number of alkyl halides is 3. The predicted molar refractivity (Wildman–Crippen MR) is 176 cm³/mol. The number of aliphatic hydroxyl groups excluding tert-OH is 1. The van der Waals surface area contributed by atoms with Crippen molar-refractivity contribution in [1.82, 2.24) is 4.90 Å². The first-order valence-corrected chi connectivity index (χ1v) is 16.4. The molecule has 0 radical (unpaired) electrons. The van der Waals surface area contributed by atoms with E-state index in [1.165, 1.54) is 23.3 Å². The lowest BCUT2D eigenvalue weighted by molar-refractivity contribution is -0.137. The van der Waals surface area contributed by atoms with E-state index < -0.39 is 34.6 Å². The third kappa shape index (κ3) is 7.48. The van der Waals surface area contributed by atoms with E-state index in [1.807, 2.05) is 37.4 Å². The van der Waals surface area contributed by atoms with E-state index in [9.17, 15) is 28.2 Å². The van der Waals surface area contributed by atoms with Gasteiger partial charge in [-0.25, -0.2) is 0 Å². The van der Waals surface area contributed by atoms with E-state index in [0.29, 0.717) is 44.2 Å². The fourth-order valence-electron chi connectivity index (χ4n) is 7.68. The van der Waals surface area contributed by atoms with Gasteiger partial charge in [0.1, 0.15) is 0 Å². The molecular formula is C39H46F3NO3. The Bertz CT molecular complexity index is 1550. The van der Waals surface area contributed by atoms with Gasteiger partial charge >= 0.3 is 6.18 Å². The molecule has 0 saturated heterocycles. The third-order valence-electron chi connectivity index (χ3n) is 10.5. The number of rotatable bonds is 7. The Balaban J connectivity index is 1.54. The van der Waals surface area contributed by atoms with Crippen LogP contribution in [0.3, 0.4) is 0 Å². The Morgan fingerprint density at radius 2 is 1.76 bits per heavy atom. The highest BCUT2D eigenvalue weighted by molar-refractivity contribution is 6.10. The van der Waals surface area contributed by atoms with Gasteiger partial charge in [-0.3, -0.25) is 4.79 Å². The average molecular weight is 634 g/mol. The minimum absolute atomic E-state index is 0.0240. The summed E-state index contributed by atoms with van der Waals surface area (Å²) in [6.45, 7) is 5.45. The molecule has 1 fully saturated rings. The third-order valence-corrected chi connectivity index (χ3v) is 10.5. The molecule has 4 nitrogen and oxygen atoms in total. The molecule has 4 atom stereocenters. The standard InChI is InChI=1S/C39H46F3NO3/c1-27-9-8-20-37(2)35(18-21-38(37,46)26-43(3)22-19-28-10-5-4-6-11-28)33-17-15-29(23-32(44)16-14-27)24-34(33)36(45)30-12-7-13-31(25-30)39(40,41)42/h4-7,9-13,15,17,24-25,32,35,44,46H,8,14,16,18-23,26H2,1-3H3/t32-,35-,37-,38+/m0/s1. The highest BCUT2D eigenvalue weighted by Gasteiger charge is 2.57. The van der Waals surface area contributed by atoms with Crippen LogP contribution in [0.5, 0.6) is 0 Å². The Kier molecular flexibility index (Phi) is 10.3. The number of ketones is 1. The second-order valence-electron chi connectivity index (χ2n) is 13.8. The molecule has 0 heterocycles. The lowest BCUT2D eigenvalue weighted by Gasteiger charge is -2.45. The molecule has 2 N–H and O–H groups in total. The number of hydrogen-bond acceptors (Lipinski definition) is 4. The van der Waals surface area contributed by atoms with Crippen LogP contribution in [0.2, 0.25) is 0 Å². The van der Waals surface area contributed by atoms with Crippen LogP contribution in [0.25, 0.3) is 0 Å². The van der Waals surface area contributed by atoms with Crippen LogP contribution < -0.4 is 0 Å². The van der Waals surface area contributed by atoms with Crippen molar-refractivity contribution < 1.29 is 28.2 Å². The highest BCUT2D eigenvalue weighted by Crippen LogP contribution is 2.58. The van der Waals surface area contributed by atoms with Gasteiger partial charge in [0, 0.05) is 29.6 Å². The zero-order valence-corrected chi connectivity index (χ0v) is 27.1. The average Bonchev–Trinajstić information content (AvgIpc) is 3.27. The first-order chi connectivity index (χ1) is 21.8. The molecule has 7 heteroatoms. The van der Waals surface area contributed by atoms with Crippen molar-refractivity contribution in [2.45, 2.75) is 89.0 Å². The van der Waals surface area contributed by atoms with Gasteiger partial charge in [0.25, 0.3) is 0 Å². The summed E-state index contributed by atoms with van der Waals surface area (Å²) in [7, 11) is 2.04. The van der Waals surface area contributed by atoms with Crippen LogP contribution in [-0.2, 0) is 19.0 Å². The monoisotopic (exact) mass is 633 g/mol. The number of aliphatic hydroxyl groups is 2. The van der Waals surface area contributed by atoms with Crippen molar-refractivity contribution in [2.24, 2.45) is 5.41 Å². The van der Waals surface area contributed by atoms with Crippen LogP contribution in [0.15, 0.2) is 84.4 Å². The number of allylic oxidation sites excluding steroid dienone is 2. The Morgan fingerprint density at radius 1 is 1.00 bits per heavy atom. The molecule has 3 aromatic rings. The number of halogens is 3. The highest BCUT2D eigenvalue weighted by atomic mass is 19.4. The summed E-state index contributed by atoms with van der Waals surface area (Å²) >= 11 is 0. The SMILES string of the molecule is CC1=CCC[C@@]2(C)[C@@H](CC[C@@]2(O)CN(C)CCc2ccccc2)c2ccc(cc2C(=O)c2cccc(C(F)(F)F)c2)C[C@@H](O)CC1. The maximum absolute atomic E-state index is 14.1. The number of hydrogen-bond donors (Lipinski definition) is 2. The molecule has 6 rings (SSSR count). The summed E-state index contributed by atoms with van der Waals surface area (Å²) in [5.74, 6) is -0.668. The topological polar surface area (TPSA) is 60.8 Å². The van der Waals surface area contributed by atoms with Gasteiger partial charge in [0.05, 0.1) is 17.3 Å². The molecule has 46 heavy (non-hydrogen) atoms. The molecule has 246 valence electrons. The molecular weight excluding hydrogens is 587 g/mol. The predicted octanol–water partition coefficient (Wildman–Crippen LogP) is 8.15. The minimum Gasteiger partial charge on any atom is -0.393 e. The van der Waals surface area contributed by atoms with E-state index in [4.69, 9.17) is 0 Å². The van der Waals surface area contributed by atoms with Crippen molar-refractivity contribution in [3.8, 4) is 0 Å². The Labute approximate surface area is 271 Å². The van der Waals surface area contributed by atoms with Crippen molar-refractivity contribution in [3.05, 3.63) is 118 Å². The minimum atomic E-state index is -4.57. The van der Waals surface area contributed by atoms with Gasteiger partial charge in [-0.05, 0) is 106 Å². The molecule has 0 amide bonds. The van der Waals surface area contributed by atoms with E-state index >= 15 is 0 Å². The van der Waals surface area contributed by atoms with Crippen molar-refractivity contribution in [3.63, 3.8) is 0 Å². The number of nitrogens with zero attached hydrogens (tertiary/aromatic N) is 1. The molecule has 3 aliphatic rings.